The van der Waals surface area contributed by atoms with Gasteiger partial charge in [-0.2, -0.15) is 0 Å². The van der Waals surface area contributed by atoms with Crippen LogP contribution in [0.4, 0.5) is 11.4 Å². The molecule has 1 aliphatic rings. The van der Waals surface area contributed by atoms with Crippen molar-refractivity contribution in [2.45, 2.75) is 0 Å². The summed E-state index contributed by atoms with van der Waals surface area (Å²) in [5.74, 6) is 0.929. The molecule has 1 amide bonds. The van der Waals surface area contributed by atoms with Gasteiger partial charge in [0.1, 0.15) is 13.2 Å². The average molecular weight is 353 g/mol. The van der Waals surface area contributed by atoms with Crippen LogP contribution in [0.15, 0.2) is 36.4 Å². The smallest absolute Gasteiger partial charge is 0.243 e. The predicted octanol–water partition coefficient (Wildman–Crippen LogP) is 3.82. The molecule has 0 bridgehead atoms. The third kappa shape index (κ3) is 4.00. The van der Waals surface area contributed by atoms with Crippen LogP contribution < -0.4 is 20.1 Å². The quantitative estimate of drug-likeness (QED) is 0.878. The molecule has 1 heterocycles. The third-order valence-electron chi connectivity index (χ3n) is 3.20. The van der Waals surface area contributed by atoms with E-state index in [9.17, 15) is 4.79 Å². The first-order valence-electron chi connectivity index (χ1n) is 7.00. The number of fused-ring (bicyclic) bond motifs is 1. The molecule has 23 heavy (non-hydrogen) atoms. The van der Waals surface area contributed by atoms with Gasteiger partial charge in [0.25, 0.3) is 0 Å². The molecule has 120 valence electrons. The van der Waals surface area contributed by atoms with Gasteiger partial charge in [0.2, 0.25) is 5.91 Å². The van der Waals surface area contributed by atoms with Crippen LogP contribution in [0.3, 0.4) is 0 Å². The maximum absolute atomic E-state index is 12.0. The maximum atomic E-state index is 12.0. The van der Waals surface area contributed by atoms with E-state index < -0.39 is 0 Å². The fourth-order valence-corrected chi connectivity index (χ4v) is 2.43. The molecule has 0 saturated carbocycles. The average Bonchev–Trinajstić information content (AvgIpc) is 2.55. The number of amides is 1. The first kappa shape index (κ1) is 15.8. The van der Waals surface area contributed by atoms with Crippen LogP contribution in [0.1, 0.15) is 0 Å². The topological polar surface area (TPSA) is 59.6 Å². The molecule has 7 heteroatoms. The predicted molar refractivity (Wildman–Crippen MR) is 91.0 cm³/mol. The number of hydrogen-bond donors (Lipinski definition) is 2. The summed E-state index contributed by atoms with van der Waals surface area (Å²) in [5.41, 5.74) is 1.29. The van der Waals surface area contributed by atoms with Crippen molar-refractivity contribution in [3.8, 4) is 11.5 Å². The lowest BCUT2D eigenvalue weighted by Gasteiger charge is -2.20. The summed E-state index contributed by atoms with van der Waals surface area (Å²) in [6.07, 6.45) is 0. The minimum absolute atomic E-state index is 0.104. The van der Waals surface area contributed by atoms with Gasteiger partial charge in [0, 0.05) is 22.8 Å². The Labute approximate surface area is 143 Å². The molecule has 0 aliphatic carbocycles. The van der Waals surface area contributed by atoms with Gasteiger partial charge in [-0.05, 0) is 24.3 Å². The molecule has 0 atom stereocenters. The molecule has 2 N–H and O–H groups in total. The molecule has 2 aromatic carbocycles. The number of nitrogens with one attached hydrogen (secondary N) is 2. The van der Waals surface area contributed by atoms with Crippen LogP contribution in [0.5, 0.6) is 11.5 Å². The van der Waals surface area contributed by atoms with Gasteiger partial charge in [-0.15, -0.1) is 0 Å². The monoisotopic (exact) mass is 352 g/mol. The highest BCUT2D eigenvalue weighted by molar-refractivity contribution is 6.34. The van der Waals surface area contributed by atoms with Crippen LogP contribution in [-0.4, -0.2) is 25.7 Å². The molecule has 0 saturated heterocycles. The van der Waals surface area contributed by atoms with Crippen molar-refractivity contribution in [3.63, 3.8) is 0 Å². The summed E-state index contributed by atoms with van der Waals surface area (Å²) < 4.78 is 10.9. The van der Waals surface area contributed by atoms with Gasteiger partial charge in [0.05, 0.1) is 17.3 Å². The van der Waals surface area contributed by atoms with E-state index in [0.29, 0.717) is 40.4 Å². The van der Waals surface area contributed by atoms with E-state index in [2.05, 4.69) is 10.6 Å². The van der Waals surface area contributed by atoms with Crippen molar-refractivity contribution in [2.75, 3.05) is 30.4 Å². The van der Waals surface area contributed by atoms with Gasteiger partial charge >= 0.3 is 0 Å². The molecule has 0 spiro atoms. The van der Waals surface area contributed by atoms with E-state index in [1.807, 2.05) is 0 Å². The lowest BCUT2D eigenvalue weighted by Crippen LogP contribution is -2.22. The summed E-state index contributed by atoms with van der Waals surface area (Å²) in [7, 11) is 0. The van der Waals surface area contributed by atoms with E-state index in [1.54, 1.807) is 36.4 Å². The first-order chi connectivity index (χ1) is 11.1. The molecule has 3 rings (SSSR count). The number of anilines is 2. The van der Waals surface area contributed by atoms with Crippen molar-refractivity contribution in [3.05, 3.63) is 46.4 Å². The van der Waals surface area contributed by atoms with Gasteiger partial charge < -0.3 is 20.1 Å². The molecule has 5 nitrogen and oxygen atoms in total. The van der Waals surface area contributed by atoms with Crippen molar-refractivity contribution in [1.82, 2.24) is 0 Å². The third-order valence-corrected chi connectivity index (χ3v) is 3.77. The fraction of sp³-hybridized carbons (Fsp3) is 0.188. The summed E-state index contributed by atoms with van der Waals surface area (Å²) in [4.78, 5) is 12.0. The molecule has 0 fully saturated rings. The minimum Gasteiger partial charge on any atom is -0.486 e. The number of carbonyl (C=O) groups is 1. The molecule has 0 radical (unpaired) electrons. The Kier molecular flexibility index (Phi) is 4.79. The Bertz CT molecular complexity index is 720. The summed E-state index contributed by atoms with van der Waals surface area (Å²) >= 11 is 12.0. The molecule has 2 aromatic rings. The zero-order valence-corrected chi connectivity index (χ0v) is 13.6. The van der Waals surface area contributed by atoms with E-state index in [0.717, 1.165) is 5.69 Å². The van der Waals surface area contributed by atoms with Crippen molar-refractivity contribution < 1.29 is 14.3 Å². The van der Waals surface area contributed by atoms with Gasteiger partial charge in [-0.3, -0.25) is 4.79 Å². The number of carbonyl (C=O) groups excluding carboxylic acids is 1. The van der Waals surface area contributed by atoms with Crippen LogP contribution in [0.2, 0.25) is 10.0 Å². The number of halogens is 2. The standard InChI is InChI=1S/C16H14Cl2N2O3/c17-10-1-3-11(4-2-10)19-9-16(21)20-13-8-15-14(7-12(13)18)22-5-6-23-15/h1-4,7-8,19H,5-6,9H2,(H,20,21). The normalized spacial score (nSPS) is 12.6. The molecular weight excluding hydrogens is 339 g/mol. The Hall–Kier alpha value is -2.11. The number of rotatable bonds is 4. The SMILES string of the molecule is O=C(CNc1ccc(Cl)cc1)Nc1cc2c(cc1Cl)OCCO2. The number of benzene rings is 2. The Morgan fingerprint density at radius 3 is 2.39 bits per heavy atom. The highest BCUT2D eigenvalue weighted by atomic mass is 35.5. The van der Waals surface area contributed by atoms with Crippen molar-refractivity contribution >= 4 is 40.5 Å². The van der Waals surface area contributed by atoms with Gasteiger partial charge in [-0.25, -0.2) is 0 Å². The second kappa shape index (κ2) is 6.98. The second-order valence-corrected chi connectivity index (χ2v) is 5.73. The van der Waals surface area contributed by atoms with E-state index in [4.69, 9.17) is 32.7 Å². The second-order valence-electron chi connectivity index (χ2n) is 4.88. The first-order valence-corrected chi connectivity index (χ1v) is 7.76. The lowest BCUT2D eigenvalue weighted by atomic mass is 10.2. The van der Waals surface area contributed by atoms with Crippen LogP contribution >= 0.6 is 23.2 Å². The van der Waals surface area contributed by atoms with Crippen molar-refractivity contribution in [1.29, 1.82) is 0 Å². The van der Waals surface area contributed by atoms with Crippen LogP contribution in [0.25, 0.3) is 0 Å². The minimum atomic E-state index is -0.224. The highest BCUT2D eigenvalue weighted by Gasteiger charge is 2.16. The number of ether oxygens (including phenoxy) is 2. The van der Waals surface area contributed by atoms with Crippen molar-refractivity contribution in [2.24, 2.45) is 0 Å². The zero-order valence-electron chi connectivity index (χ0n) is 12.1. The molecule has 1 aliphatic heterocycles. The van der Waals surface area contributed by atoms with E-state index in [1.165, 1.54) is 0 Å². The molecule has 0 aromatic heterocycles. The summed E-state index contributed by atoms with van der Waals surface area (Å²) in [6.45, 7) is 1.06. The Morgan fingerprint density at radius 2 is 1.70 bits per heavy atom. The zero-order chi connectivity index (χ0) is 16.2. The fourth-order valence-electron chi connectivity index (χ4n) is 2.10. The molecule has 0 unspecified atom stereocenters. The highest BCUT2D eigenvalue weighted by Crippen LogP contribution is 2.37. The summed E-state index contributed by atoms with van der Waals surface area (Å²) in [6, 6.07) is 10.4. The van der Waals surface area contributed by atoms with Crippen LogP contribution in [0, 0.1) is 0 Å². The van der Waals surface area contributed by atoms with Crippen LogP contribution in [-0.2, 0) is 4.79 Å². The Balaban J connectivity index is 1.62. The van der Waals surface area contributed by atoms with E-state index in [-0.39, 0.29) is 12.5 Å². The van der Waals surface area contributed by atoms with Gasteiger partial charge in [0.15, 0.2) is 11.5 Å². The lowest BCUT2D eigenvalue weighted by molar-refractivity contribution is -0.114. The Morgan fingerprint density at radius 1 is 1.04 bits per heavy atom. The summed E-state index contributed by atoms with van der Waals surface area (Å²) in [5, 5.41) is 6.79. The van der Waals surface area contributed by atoms with Gasteiger partial charge in [-0.1, -0.05) is 23.2 Å². The largest absolute Gasteiger partial charge is 0.486 e. The number of hydrogen-bond acceptors (Lipinski definition) is 4. The maximum Gasteiger partial charge on any atom is 0.243 e. The van der Waals surface area contributed by atoms with E-state index >= 15 is 0 Å². The molecular formula is C16H14Cl2N2O3.